The van der Waals surface area contributed by atoms with Crippen LogP contribution in [0.1, 0.15) is 42.1 Å². The molecule has 0 unspecified atom stereocenters. The van der Waals surface area contributed by atoms with Gasteiger partial charge in [0.1, 0.15) is 17.1 Å². The van der Waals surface area contributed by atoms with Gasteiger partial charge in [0.05, 0.1) is 10.9 Å². The second kappa shape index (κ2) is 5.28. The molecule has 2 saturated heterocycles. The maximum absolute atomic E-state index is 15.5. The first-order valence-electron chi connectivity index (χ1n) is 9.12. The molecule has 0 atom stereocenters. The van der Waals surface area contributed by atoms with Crippen LogP contribution in [0.4, 0.5) is 14.5 Å². The van der Waals surface area contributed by atoms with E-state index in [4.69, 9.17) is 5.73 Å². The van der Waals surface area contributed by atoms with Crippen molar-refractivity contribution in [2.45, 2.75) is 37.8 Å². The monoisotopic (exact) mass is 375 g/mol. The number of halogens is 2. The second-order valence-corrected chi connectivity index (χ2v) is 8.13. The Morgan fingerprint density at radius 2 is 2.00 bits per heavy atom. The normalized spacial score (nSPS) is 26.5. The molecular formula is C19H19F2N3O3. The number of nitrogens with zero attached hydrogens (tertiary/aromatic N) is 2. The zero-order chi connectivity index (χ0) is 19.1. The summed E-state index contributed by atoms with van der Waals surface area (Å²) in [4.78, 5) is 25.6. The van der Waals surface area contributed by atoms with Gasteiger partial charge >= 0.3 is 5.97 Å². The van der Waals surface area contributed by atoms with Crippen molar-refractivity contribution in [3.63, 3.8) is 0 Å². The Kier molecular flexibility index (Phi) is 3.26. The van der Waals surface area contributed by atoms with Gasteiger partial charge in [0.15, 0.2) is 5.82 Å². The minimum Gasteiger partial charge on any atom is -0.477 e. The summed E-state index contributed by atoms with van der Waals surface area (Å²) in [6.07, 6.45) is 4.36. The molecule has 1 aromatic carbocycles. The van der Waals surface area contributed by atoms with Gasteiger partial charge < -0.3 is 20.3 Å². The van der Waals surface area contributed by atoms with E-state index in [-0.39, 0.29) is 34.1 Å². The molecule has 0 radical (unpaired) electrons. The maximum atomic E-state index is 15.5. The number of hydrogen-bond donors (Lipinski definition) is 2. The highest BCUT2D eigenvalue weighted by molar-refractivity contribution is 5.94. The lowest BCUT2D eigenvalue weighted by Crippen LogP contribution is -2.40. The smallest absolute Gasteiger partial charge is 0.341 e. The second-order valence-electron chi connectivity index (χ2n) is 8.13. The summed E-state index contributed by atoms with van der Waals surface area (Å²) in [5.41, 5.74) is 4.30. The molecule has 4 aliphatic rings. The van der Waals surface area contributed by atoms with Crippen LogP contribution in [0.5, 0.6) is 0 Å². The molecular weight excluding hydrogens is 356 g/mol. The van der Waals surface area contributed by atoms with Gasteiger partial charge in [-0.3, -0.25) is 4.79 Å². The fraction of sp³-hybridized carbons (Fsp3) is 0.474. The summed E-state index contributed by atoms with van der Waals surface area (Å²) < 4.78 is 31.9. The zero-order valence-electron chi connectivity index (χ0n) is 14.5. The molecule has 1 aromatic heterocycles. The summed E-state index contributed by atoms with van der Waals surface area (Å²) >= 11 is 0. The minimum absolute atomic E-state index is 0.00482. The molecule has 0 spiro atoms. The lowest BCUT2D eigenvalue weighted by atomic mass is 9.70. The van der Waals surface area contributed by atoms with Gasteiger partial charge in [0.25, 0.3) is 0 Å². The third-order valence-corrected chi connectivity index (χ3v) is 6.36. The largest absolute Gasteiger partial charge is 0.477 e. The Labute approximate surface area is 153 Å². The number of anilines is 1. The summed E-state index contributed by atoms with van der Waals surface area (Å²) in [6.45, 7) is 0.972. The molecule has 2 aliphatic heterocycles. The van der Waals surface area contributed by atoms with Crippen molar-refractivity contribution in [3.8, 4) is 0 Å². The van der Waals surface area contributed by atoms with Gasteiger partial charge in [-0.1, -0.05) is 0 Å². The van der Waals surface area contributed by atoms with E-state index < -0.39 is 28.6 Å². The number of aromatic nitrogens is 1. The van der Waals surface area contributed by atoms with Gasteiger partial charge in [-0.15, -0.1) is 0 Å². The Morgan fingerprint density at radius 3 is 2.56 bits per heavy atom. The topological polar surface area (TPSA) is 88.6 Å². The van der Waals surface area contributed by atoms with Gasteiger partial charge in [0, 0.05) is 30.2 Å². The molecule has 3 heterocycles. The number of rotatable bonds is 4. The molecule has 142 valence electrons. The maximum Gasteiger partial charge on any atom is 0.341 e. The quantitative estimate of drug-likeness (QED) is 0.856. The SMILES string of the molecule is NCC12CC(C1)N(c1c(F)cc3c(=O)c(C(=O)O)cn(C4CC4)c3c1F)C2. The number of nitrogens with two attached hydrogens (primary N) is 1. The van der Waals surface area contributed by atoms with Crippen LogP contribution in [0.2, 0.25) is 0 Å². The van der Waals surface area contributed by atoms with Crippen LogP contribution < -0.4 is 16.1 Å². The van der Waals surface area contributed by atoms with E-state index in [2.05, 4.69) is 0 Å². The van der Waals surface area contributed by atoms with E-state index in [1.54, 1.807) is 4.90 Å². The Balaban J connectivity index is 1.76. The lowest BCUT2D eigenvalue weighted by molar-refractivity contribution is 0.0695. The fourth-order valence-corrected chi connectivity index (χ4v) is 4.76. The number of aromatic carboxylic acids is 1. The van der Waals surface area contributed by atoms with Crippen molar-refractivity contribution in [1.29, 1.82) is 0 Å². The predicted octanol–water partition coefficient (Wildman–Crippen LogP) is 2.24. The summed E-state index contributed by atoms with van der Waals surface area (Å²) in [6, 6.07) is 0.975. The third-order valence-electron chi connectivity index (χ3n) is 6.36. The molecule has 2 aromatic rings. The third kappa shape index (κ3) is 2.19. The van der Waals surface area contributed by atoms with Crippen molar-refractivity contribution < 1.29 is 18.7 Å². The van der Waals surface area contributed by atoms with E-state index in [0.717, 1.165) is 31.7 Å². The van der Waals surface area contributed by atoms with Crippen LogP contribution in [-0.4, -0.2) is 34.8 Å². The van der Waals surface area contributed by atoms with Gasteiger partial charge in [-0.25, -0.2) is 13.6 Å². The number of benzene rings is 1. The fourth-order valence-electron chi connectivity index (χ4n) is 4.76. The molecule has 27 heavy (non-hydrogen) atoms. The van der Waals surface area contributed by atoms with Crippen LogP contribution in [0.25, 0.3) is 10.9 Å². The molecule has 2 bridgehead atoms. The number of carboxylic acid groups (broad SMARTS) is 1. The van der Waals surface area contributed by atoms with Crippen LogP contribution >= 0.6 is 0 Å². The van der Waals surface area contributed by atoms with Crippen molar-refractivity contribution in [1.82, 2.24) is 4.57 Å². The van der Waals surface area contributed by atoms with E-state index in [1.807, 2.05) is 0 Å². The van der Waals surface area contributed by atoms with Crippen LogP contribution in [0, 0.1) is 17.0 Å². The summed E-state index contributed by atoms with van der Waals surface area (Å²) in [5.74, 6) is -3.01. The van der Waals surface area contributed by atoms with Crippen molar-refractivity contribution >= 4 is 22.6 Å². The first kappa shape index (κ1) is 16.7. The molecule has 0 amide bonds. The highest BCUT2D eigenvalue weighted by Crippen LogP contribution is 2.53. The molecule has 3 N–H and O–H groups in total. The Bertz CT molecular complexity index is 1050. The summed E-state index contributed by atoms with van der Waals surface area (Å²) in [5, 5.41) is 9.07. The number of hydrogen-bond acceptors (Lipinski definition) is 4. The molecule has 6 nitrogen and oxygen atoms in total. The number of pyridine rings is 1. The molecule has 6 rings (SSSR count). The number of fused-ring (bicyclic) bond motifs is 2. The van der Waals surface area contributed by atoms with Crippen LogP contribution in [0.3, 0.4) is 0 Å². The summed E-state index contributed by atoms with van der Waals surface area (Å²) in [7, 11) is 0. The Hall–Kier alpha value is -2.48. The first-order chi connectivity index (χ1) is 12.8. The zero-order valence-corrected chi connectivity index (χ0v) is 14.5. The van der Waals surface area contributed by atoms with Gasteiger partial charge in [-0.2, -0.15) is 0 Å². The van der Waals surface area contributed by atoms with Crippen molar-refractivity contribution in [3.05, 3.63) is 39.7 Å². The van der Waals surface area contributed by atoms with Crippen LogP contribution in [0.15, 0.2) is 17.1 Å². The molecule has 2 saturated carbocycles. The molecule has 2 aliphatic carbocycles. The van der Waals surface area contributed by atoms with E-state index >= 15 is 4.39 Å². The molecule has 8 heteroatoms. The average Bonchev–Trinajstić information content (AvgIpc) is 3.28. The lowest BCUT2D eigenvalue weighted by Gasteiger charge is -2.36. The first-order valence-corrected chi connectivity index (χ1v) is 9.12. The van der Waals surface area contributed by atoms with E-state index in [0.29, 0.717) is 13.1 Å². The van der Waals surface area contributed by atoms with Crippen LogP contribution in [-0.2, 0) is 0 Å². The van der Waals surface area contributed by atoms with Gasteiger partial charge in [0.2, 0.25) is 5.43 Å². The standard InChI is InChI=1S/C19H19F2N3O3/c20-13-3-11-15(23(9-1-2-9)6-12(17(11)25)18(26)27)14(21)16(13)24-8-19(7-22)4-10(24)5-19/h3,6,9-10H,1-2,4-5,7-8,22H2,(H,26,27). The number of carboxylic acids is 1. The van der Waals surface area contributed by atoms with Crippen molar-refractivity contribution in [2.24, 2.45) is 11.1 Å². The predicted molar refractivity (Wildman–Crippen MR) is 95.2 cm³/mol. The van der Waals surface area contributed by atoms with Gasteiger partial charge in [-0.05, 0) is 38.3 Å². The average molecular weight is 375 g/mol. The Morgan fingerprint density at radius 1 is 1.30 bits per heavy atom. The van der Waals surface area contributed by atoms with E-state index in [1.165, 1.54) is 10.8 Å². The molecule has 4 fully saturated rings. The number of carbonyl (C=O) groups is 1. The highest BCUT2D eigenvalue weighted by atomic mass is 19.1. The van der Waals surface area contributed by atoms with E-state index in [9.17, 15) is 19.1 Å². The van der Waals surface area contributed by atoms with Crippen molar-refractivity contribution in [2.75, 3.05) is 18.0 Å². The minimum atomic E-state index is -1.40. The highest BCUT2D eigenvalue weighted by Gasteiger charge is 2.55.